The Morgan fingerprint density at radius 2 is 1.96 bits per heavy atom. The monoisotopic (exact) mass is 329 g/mol. The maximum Gasteiger partial charge on any atom is 0.414 e. The number of hydrogen-bond donors (Lipinski definition) is 2. The molecule has 2 aromatic rings. The number of carbonyl (C=O) groups is 1. The van der Waals surface area contributed by atoms with Crippen molar-refractivity contribution < 1.29 is 9.53 Å². The smallest absolute Gasteiger partial charge is 0.414 e. The third-order valence-electron chi connectivity index (χ3n) is 3.92. The van der Waals surface area contributed by atoms with Crippen molar-refractivity contribution in [2.75, 3.05) is 6.54 Å². The largest absolute Gasteiger partial charge is 0.443 e. The summed E-state index contributed by atoms with van der Waals surface area (Å²) in [6.45, 7) is 8.30. The highest BCUT2D eigenvalue weighted by Gasteiger charge is 2.29. The maximum absolute atomic E-state index is 12.6. The van der Waals surface area contributed by atoms with Crippen LogP contribution in [0.2, 0.25) is 0 Å². The van der Waals surface area contributed by atoms with Gasteiger partial charge in [-0.15, -0.1) is 0 Å². The molecule has 2 N–H and O–H groups in total. The van der Waals surface area contributed by atoms with E-state index in [2.05, 4.69) is 23.0 Å². The quantitative estimate of drug-likeness (QED) is 0.841. The van der Waals surface area contributed by atoms with E-state index in [9.17, 15) is 9.59 Å². The number of nitrogens with zero attached hydrogens (tertiary/aromatic N) is 1. The van der Waals surface area contributed by atoms with Gasteiger partial charge in [0.15, 0.2) is 0 Å². The van der Waals surface area contributed by atoms with Crippen molar-refractivity contribution in [2.45, 2.75) is 39.7 Å². The lowest BCUT2D eigenvalue weighted by Crippen LogP contribution is -2.39. The lowest BCUT2D eigenvalue weighted by Gasteiger charge is -2.33. The molecule has 0 saturated carbocycles. The SMILES string of the molecule is CC1CC=C(c2ccc3[nH]c(=O)[nH]c3c2)N(C(=O)OC(C)(C)C)C1. The first-order valence-electron chi connectivity index (χ1n) is 8.16. The standard InChI is InChI=1S/C18H23N3O3/c1-11-5-8-15(21(10-11)17(23)24-18(2,3)4)12-6-7-13-14(9-12)20-16(22)19-13/h6-9,11H,5,10H2,1-4H3,(H2,19,20,22). The number of rotatable bonds is 1. The molecule has 0 saturated heterocycles. The van der Waals surface area contributed by atoms with Crippen molar-refractivity contribution in [3.8, 4) is 0 Å². The van der Waals surface area contributed by atoms with Crippen LogP contribution in [0.15, 0.2) is 29.1 Å². The van der Waals surface area contributed by atoms with E-state index in [4.69, 9.17) is 4.74 Å². The van der Waals surface area contributed by atoms with Gasteiger partial charge in [-0.05, 0) is 45.2 Å². The number of imidazole rings is 1. The summed E-state index contributed by atoms with van der Waals surface area (Å²) >= 11 is 0. The van der Waals surface area contributed by atoms with Gasteiger partial charge in [-0.1, -0.05) is 19.1 Å². The van der Waals surface area contributed by atoms with Crippen LogP contribution in [0.25, 0.3) is 16.7 Å². The Hall–Kier alpha value is -2.50. The maximum atomic E-state index is 12.6. The summed E-state index contributed by atoms with van der Waals surface area (Å²) in [6.07, 6.45) is 2.61. The number of fused-ring (bicyclic) bond motifs is 1. The first-order valence-corrected chi connectivity index (χ1v) is 8.16. The summed E-state index contributed by atoms with van der Waals surface area (Å²) in [5, 5.41) is 0. The van der Waals surface area contributed by atoms with Gasteiger partial charge in [0.05, 0.1) is 16.7 Å². The van der Waals surface area contributed by atoms with Gasteiger partial charge in [0.1, 0.15) is 5.60 Å². The third-order valence-corrected chi connectivity index (χ3v) is 3.92. The predicted octanol–water partition coefficient (Wildman–Crippen LogP) is 3.47. The average Bonchev–Trinajstić information content (AvgIpc) is 2.84. The highest BCUT2D eigenvalue weighted by molar-refractivity contribution is 5.86. The van der Waals surface area contributed by atoms with Gasteiger partial charge < -0.3 is 14.7 Å². The highest BCUT2D eigenvalue weighted by Crippen LogP contribution is 2.30. The average molecular weight is 329 g/mol. The molecule has 1 aliphatic heterocycles. The number of aromatic amines is 2. The minimum Gasteiger partial charge on any atom is -0.443 e. The molecule has 1 unspecified atom stereocenters. The van der Waals surface area contributed by atoms with Gasteiger partial charge in [0.2, 0.25) is 0 Å². The van der Waals surface area contributed by atoms with Gasteiger partial charge in [-0.25, -0.2) is 9.59 Å². The molecule has 0 radical (unpaired) electrons. The summed E-state index contributed by atoms with van der Waals surface area (Å²) in [6, 6.07) is 5.63. The Kier molecular flexibility index (Phi) is 3.99. The Balaban J connectivity index is 1.97. The first-order chi connectivity index (χ1) is 11.2. The zero-order valence-electron chi connectivity index (χ0n) is 14.5. The van der Waals surface area contributed by atoms with Crippen LogP contribution in [0.3, 0.4) is 0 Å². The summed E-state index contributed by atoms with van der Waals surface area (Å²) < 4.78 is 5.55. The minimum atomic E-state index is -0.543. The molecule has 128 valence electrons. The van der Waals surface area contributed by atoms with Gasteiger partial charge >= 0.3 is 11.8 Å². The van der Waals surface area contributed by atoms with Crippen LogP contribution >= 0.6 is 0 Å². The second-order valence-electron chi connectivity index (χ2n) is 7.36. The number of H-pyrrole nitrogens is 2. The number of nitrogens with one attached hydrogen (secondary N) is 2. The second kappa shape index (κ2) is 5.85. The molecule has 2 heterocycles. The van der Waals surface area contributed by atoms with Crippen LogP contribution in [-0.2, 0) is 4.74 Å². The Bertz CT molecular complexity index is 854. The van der Waals surface area contributed by atoms with Crippen molar-refractivity contribution >= 4 is 22.8 Å². The van der Waals surface area contributed by atoms with Gasteiger partial charge in [0.25, 0.3) is 0 Å². The fraction of sp³-hybridized carbons (Fsp3) is 0.444. The molecule has 6 heteroatoms. The Morgan fingerprint density at radius 1 is 1.25 bits per heavy atom. The fourth-order valence-electron chi connectivity index (χ4n) is 2.86. The number of allylic oxidation sites excluding steroid dienone is 1. The molecule has 0 aliphatic carbocycles. The van der Waals surface area contributed by atoms with E-state index in [1.54, 1.807) is 4.90 Å². The molecule has 6 nitrogen and oxygen atoms in total. The minimum absolute atomic E-state index is 0.239. The lowest BCUT2D eigenvalue weighted by atomic mass is 9.98. The topological polar surface area (TPSA) is 78.2 Å². The highest BCUT2D eigenvalue weighted by atomic mass is 16.6. The molecule has 1 aromatic carbocycles. The molecular weight excluding hydrogens is 306 g/mol. The van der Waals surface area contributed by atoms with Crippen LogP contribution in [0.4, 0.5) is 4.79 Å². The molecule has 3 rings (SSSR count). The van der Waals surface area contributed by atoms with Crippen molar-refractivity contribution in [2.24, 2.45) is 5.92 Å². The van der Waals surface area contributed by atoms with E-state index in [0.29, 0.717) is 12.5 Å². The molecule has 0 fully saturated rings. The predicted molar refractivity (Wildman–Crippen MR) is 93.6 cm³/mol. The zero-order chi connectivity index (χ0) is 17.5. The van der Waals surface area contributed by atoms with Crippen LogP contribution in [0, 0.1) is 5.92 Å². The Morgan fingerprint density at radius 3 is 2.67 bits per heavy atom. The summed E-state index contributed by atoms with van der Waals surface area (Å²) in [5.74, 6) is 0.372. The van der Waals surface area contributed by atoms with E-state index in [1.165, 1.54) is 0 Å². The van der Waals surface area contributed by atoms with E-state index in [1.807, 2.05) is 39.0 Å². The van der Waals surface area contributed by atoms with E-state index in [0.717, 1.165) is 28.7 Å². The van der Waals surface area contributed by atoms with Crippen LogP contribution < -0.4 is 5.69 Å². The first kappa shape index (κ1) is 16.4. The molecular formula is C18H23N3O3. The van der Waals surface area contributed by atoms with Crippen molar-refractivity contribution in [1.29, 1.82) is 0 Å². The zero-order valence-corrected chi connectivity index (χ0v) is 14.5. The molecule has 1 amide bonds. The number of carbonyl (C=O) groups excluding carboxylic acids is 1. The van der Waals surface area contributed by atoms with Gasteiger partial charge in [-0.2, -0.15) is 0 Å². The number of benzene rings is 1. The number of aromatic nitrogens is 2. The van der Waals surface area contributed by atoms with Crippen molar-refractivity contribution in [1.82, 2.24) is 14.9 Å². The van der Waals surface area contributed by atoms with Crippen molar-refractivity contribution in [3.63, 3.8) is 0 Å². The third kappa shape index (κ3) is 3.37. The van der Waals surface area contributed by atoms with Gasteiger partial charge in [0, 0.05) is 12.1 Å². The fourth-order valence-corrected chi connectivity index (χ4v) is 2.86. The normalized spacial score (nSPS) is 18.6. The summed E-state index contributed by atoms with van der Waals surface area (Å²) in [4.78, 5) is 31.2. The molecule has 1 aliphatic rings. The van der Waals surface area contributed by atoms with E-state index < -0.39 is 5.60 Å². The second-order valence-corrected chi connectivity index (χ2v) is 7.36. The van der Waals surface area contributed by atoms with Crippen molar-refractivity contribution in [3.05, 3.63) is 40.3 Å². The Labute approximate surface area is 140 Å². The number of ether oxygens (including phenoxy) is 1. The molecule has 1 aromatic heterocycles. The lowest BCUT2D eigenvalue weighted by molar-refractivity contribution is 0.0327. The van der Waals surface area contributed by atoms with Gasteiger partial charge in [-0.3, -0.25) is 4.90 Å². The number of hydrogen-bond acceptors (Lipinski definition) is 3. The summed E-state index contributed by atoms with van der Waals surface area (Å²) in [7, 11) is 0. The van der Waals surface area contributed by atoms with Crippen LogP contribution in [-0.4, -0.2) is 33.1 Å². The van der Waals surface area contributed by atoms with Crippen LogP contribution in [0.5, 0.6) is 0 Å². The van der Waals surface area contributed by atoms with E-state index in [-0.39, 0.29) is 11.8 Å². The van der Waals surface area contributed by atoms with E-state index >= 15 is 0 Å². The molecule has 0 spiro atoms. The summed E-state index contributed by atoms with van der Waals surface area (Å²) in [5.41, 5.74) is 2.40. The number of amides is 1. The van der Waals surface area contributed by atoms with Crippen LogP contribution in [0.1, 0.15) is 39.7 Å². The molecule has 24 heavy (non-hydrogen) atoms. The molecule has 0 bridgehead atoms. The molecule has 1 atom stereocenters.